The fourth-order valence-corrected chi connectivity index (χ4v) is 11.4. The average molecular weight is 819 g/mol. The molecule has 0 saturated heterocycles. The van der Waals surface area contributed by atoms with Crippen molar-refractivity contribution in [3.63, 3.8) is 0 Å². The van der Waals surface area contributed by atoms with Crippen molar-refractivity contribution in [1.29, 1.82) is 0 Å². The summed E-state index contributed by atoms with van der Waals surface area (Å²) in [5.74, 6) is 0. The highest BCUT2D eigenvalue weighted by molar-refractivity contribution is 7.27. The second kappa shape index (κ2) is 14.3. The van der Waals surface area contributed by atoms with Gasteiger partial charge in [0.2, 0.25) is 0 Å². The molecule has 0 aliphatic carbocycles. The Hall–Kier alpha value is -7.98. The monoisotopic (exact) mass is 818 g/mol. The first kappa shape index (κ1) is 35.7. The van der Waals surface area contributed by atoms with Crippen LogP contribution in [0.25, 0.3) is 102 Å². The van der Waals surface area contributed by atoms with Crippen LogP contribution in [0.5, 0.6) is 0 Å². The molecule has 0 saturated carbocycles. The Morgan fingerprint density at radius 3 is 1.51 bits per heavy atom. The molecule has 3 heteroatoms. The molecular formula is C60H38N2S. The quantitative estimate of drug-likeness (QED) is 0.152. The van der Waals surface area contributed by atoms with Crippen LogP contribution in [-0.2, 0) is 0 Å². The third-order valence-corrected chi connectivity index (χ3v) is 14.3. The van der Waals surface area contributed by atoms with Gasteiger partial charge in [0.15, 0.2) is 0 Å². The first-order chi connectivity index (χ1) is 31.2. The van der Waals surface area contributed by atoms with Gasteiger partial charge in [-0.05, 0) is 104 Å². The normalized spacial score (nSPS) is 11.8. The van der Waals surface area contributed by atoms with Gasteiger partial charge in [-0.1, -0.05) is 176 Å². The molecule has 294 valence electrons. The summed E-state index contributed by atoms with van der Waals surface area (Å²) >= 11 is 1.91. The molecular weight excluding hydrogens is 781 g/mol. The molecule has 0 aliphatic heterocycles. The molecule has 2 aromatic heterocycles. The number of aromatic nitrogens is 1. The zero-order valence-electron chi connectivity index (χ0n) is 34.2. The van der Waals surface area contributed by atoms with Gasteiger partial charge in [0.1, 0.15) is 0 Å². The van der Waals surface area contributed by atoms with Crippen molar-refractivity contribution in [2.75, 3.05) is 4.90 Å². The van der Waals surface area contributed by atoms with E-state index in [1.54, 1.807) is 0 Å². The van der Waals surface area contributed by atoms with Crippen LogP contribution in [0.15, 0.2) is 231 Å². The number of hydrogen-bond donors (Lipinski definition) is 0. The maximum absolute atomic E-state index is 2.42. The van der Waals surface area contributed by atoms with Gasteiger partial charge in [0.05, 0.1) is 16.7 Å². The van der Waals surface area contributed by atoms with Crippen LogP contribution in [0.2, 0.25) is 0 Å². The summed E-state index contributed by atoms with van der Waals surface area (Å²) in [6, 6.07) is 84.6. The molecule has 0 spiro atoms. The number of hydrogen-bond acceptors (Lipinski definition) is 2. The summed E-state index contributed by atoms with van der Waals surface area (Å²) in [5.41, 5.74) is 11.7. The van der Waals surface area contributed by atoms with Gasteiger partial charge in [0.25, 0.3) is 0 Å². The number of rotatable bonds is 6. The van der Waals surface area contributed by atoms with Crippen LogP contribution >= 0.6 is 11.3 Å². The molecule has 2 nitrogen and oxygen atoms in total. The highest BCUT2D eigenvalue weighted by atomic mass is 32.1. The minimum Gasteiger partial charge on any atom is -0.310 e. The van der Waals surface area contributed by atoms with Gasteiger partial charge in [0, 0.05) is 53.6 Å². The lowest BCUT2D eigenvalue weighted by molar-refractivity contribution is 1.18. The number of para-hydroxylation sites is 3. The summed E-state index contributed by atoms with van der Waals surface area (Å²) in [4.78, 5) is 2.40. The molecule has 0 atom stereocenters. The molecule has 63 heavy (non-hydrogen) atoms. The standard InChI is InChI=1S/C60H38N2S/c1-3-14-47-39(12-1)24-25-43-38-46(35-37-48(43)47)61(45-33-28-42(29-34-45)51-19-11-20-54-55-36-30-40-13-2-4-16-50(40)60(55)63-59(51)54)44-31-26-41(27-32-44)49-15-5-8-21-56(49)62-57-22-9-6-17-52(57)53-18-7-10-23-58(53)62/h1-38H. The predicted octanol–water partition coefficient (Wildman–Crippen LogP) is 17.4. The summed E-state index contributed by atoms with van der Waals surface area (Å²) in [5, 5.41) is 12.8. The fraction of sp³-hybridized carbons (Fsp3) is 0. The summed E-state index contributed by atoms with van der Waals surface area (Å²) in [6.07, 6.45) is 0. The molecule has 0 aliphatic rings. The summed E-state index contributed by atoms with van der Waals surface area (Å²) < 4.78 is 5.10. The molecule has 0 amide bonds. The van der Waals surface area contributed by atoms with E-state index in [2.05, 4.69) is 240 Å². The lowest BCUT2D eigenvalue weighted by Crippen LogP contribution is -2.10. The van der Waals surface area contributed by atoms with Crippen LogP contribution in [0.4, 0.5) is 17.1 Å². The Labute approximate surface area is 368 Å². The van der Waals surface area contributed by atoms with Gasteiger partial charge in [-0.2, -0.15) is 0 Å². The van der Waals surface area contributed by atoms with E-state index in [9.17, 15) is 0 Å². The van der Waals surface area contributed by atoms with E-state index >= 15 is 0 Å². The van der Waals surface area contributed by atoms with Crippen LogP contribution < -0.4 is 4.90 Å². The van der Waals surface area contributed by atoms with E-state index in [0.717, 1.165) is 17.1 Å². The number of benzene rings is 11. The SMILES string of the molecule is c1ccc(-n2c3ccccc3c3ccccc32)c(-c2ccc(N(c3ccc(-c4cccc5c4sc4c6ccccc6ccc54)cc3)c3ccc4c(ccc5ccccc54)c3)cc2)c1. The molecule has 0 bridgehead atoms. The smallest absolute Gasteiger partial charge is 0.0541 e. The van der Waals surface area contributed by atoms with Crippen molar-refractivity contribution in [3.05, 3.63) is 231 Å². The fourth-order valence-electron chi connectivity index (χ4n) is 10.0. The summed E-state index contributed by atoms with van der Waals surface area (Å²) in [7, 11) is 0. The van der Waals surface area contributed by atoms with Crippen molar-refractivity contribution in [3.8, 4) is 27.9 Å². The van der Waals surface area contributed by atoms with E-state index in [-0.39, 0.29) is 0 Å². The predicted molar refractivity (Wildman–Crippen MR) is 272 cm³/mol. The lowest BCUT2D eigenvalue weighted by atomic mass is 9.99. The Morgan fingerprint density at radius 1 is 0.302 bits per heavy atom. The third-order valence-electron chi connectivity index (χ3n) is 13.0. The van der Waals surface area contributed by atoms with Gasteiger partial charge in [-0.25, -0.2) is 0 Å². The zero-order valence-corrected chi connectivity index (χ0v) is 35.1. The van der Waals surface area contributed by atoms with Gasteiger partial charge < -0.3 is 9.47 Å². The molecule has 13 rings (SSSR count). The first-order valence-corrected chi connectivity index (χ1v) is 22.4. The zero-order chi connectivity index (χ0) is 41.4. The molecule has 2 heterocycles. The minimum absolute atomic E-state index is 1.10. The molecule has 0 radical (unpaired) electrons. The number of thiophene rings is 1. The van der Waals surface area contributed by atoms with Crippen LogP contribution in [-0.4, -0.2) is 4.57 Å². The summed E-state index contributed by atoms with van der Waals surface area (Å²) in [6.45, 7) is 0. The third kappa shape index (κ3) is 5.71. The Bertz CT molecular complexity index is 3860. The molecule has 0 fully saturated rings. The van der Waals surface area contributed by atoms with E-state index in [1.165, 1.54) is 102 Å². The van der Waals surface area contributed by atoms with Crippen LogP contribution in [0.3, 0.4) is 0 Å². The maximum atomic E-state index is 2.42. The van der Waals surface area contributed by atoms with Crippen LogP contribution in [0.1, 0.15) is 0 Å². The molecule has 13 aromatic rings. The Kier molecular flexibility index (Phi) is 8.12. The topological polar surface area (TPSA) is 8.17 Å². The van der Waals surface area contributed by atoms with Crippen molar-refractivity contribution < 1.29 is 0 Å². The second-order valence-electron chi connectivity index (χ2n) is 16.5. The Balaban J connectivity index is 0.935. The van der Waals surface area contributed by atoms with E-state index in [1.807, 2.05) is 11.3 Å². The molecule has 0 N–H and O–H groups in total. The van der Waals surface area contributed by atoms with Crippen molar-refractivity contribution in [2.45, 2.75) is 0 Å². The van der Waals surface area contributed by atoms with Gasteiger partial charge in [-0.15, -0.1) is 11.3 Å². The lowest BCUT2D eigenvalue weighted by Gasteiger charge is -2.26. The minimum atomic E-state index is 1.10. The number of nitrogens with zero attached hydrogens (tertiary/aromatic N) is 2. The number of anilines is 3. The highest BCUT2D eigenvalue weighted by Gasteiger charge is 2.19. The van der Waals surface area contributed by atoms with Crippen LogP contribution in [0, 0.1) is 0 Å². The Morgan fingerprint density at radius 2 is 0.778 bits per heavy atom. The molecule has 0 unspecified atom stereocenters. The molecule has 11 aromatic carbocycles. The first-order valence-electron chi connectivity index (χ1n) is 21.6. The average Bonchev–Trinajstić information content (AvgIpc) is 3.91. The van der Waals surface area contributed by atoms with Crippen molar-refractivity contribution >= 4 is 103 Å². The largest absolute Gasteiger partial charge is 0.310 e. The van der Waals surface area contributed by atoms with Crippen molar-refractivity contribution in [2.24, 2.45) is 0 Å². The van der Waals surface area contributed by atoms with Crippen molar-refractivity contribution in [1.82, 2.24) is 4.57 Å². The van der Waals surface area contributed by atoms with E-state index in [0.29, 0.717) is 0 Å². The van der Waals surface area contributed by atoms with Gasteiger partial charge in [-0.3, -0.25) is 0 Å². The van der Waals surface area contributed by atoms with E-state index < -0.39 is 0 Å². The number of fused-ring (bicyclic) bond motifs is 11. The highest BCUT2D eigenvalue weighted by Crippen LogP contribution is 2.45. The maximum Gasteiger partial charge on any atom is 0.0541 e. The van der Waals surface area contributed by atoms with E-state index in [4.69, 9.17) is 0 Å². The second-order valence-corrected chi connectivity index (χ2v) is 17.5. The van der Waals surface area contributed by atoms with Gasteiger partial charge >= 0.3 is 0 Å².